The Balaban J connectivity index is 2.27. The molecule has 106 valence electrons. The van der Waals surface area contributed by atoms with Crippen molar-refractivity contribution in [3.63, 3.8) is 0 Å². The number of rotatable bonds is 6. The van der Waals surface area contributed by atoms with E-state index in [0.29, 0.717) is 12.2 Å². The number of carbonyl (C=O) groups is 1. The number of carboxylic acid groups (broad SMARTS) is 1. The van der Waals surface area contributed by atoms with Gasteiger partial charge in [0.05, 0.1) is 5.41 Å². The van der Waals surface area contributed by atoms with Gasteiger partial charge >= 0.3 is 5.97 Å². The van der Waals surface area contributed by atoms with Gasteiger partial charge in [0.1, 0.15) is 5.82 Å². The monoisotopic (exact) mass is 273 g/mol. The fourth-order valence-corrected chi connectivity index (χ4v) is 2.19. The quantitative estimate of drug-likeness (QED) is 0.846. The molecule has 1 heterocycles. The van der Waals surface area contributed by atoms with Crippen molar-refractivity contribution in [1.29, 1.82) is 0 Å². The van der Waals surface area contributed by atoms with Gasteiger partial charge < -0.3 is 5.11 Å². The van der Waals surface area contributed by atoms with Crippen molar-refractivity contribution in [2.75, 3.05) is 0 Å². The largest absolute Gasteiger partial charge is 0.481 e. The molecule has 1 unspecified atom stereocenters. The SMILES string of the molecule is CCCc1n[nH]c(CC(C)(C(=O)O)c2ccccc2)n1. The van der Waals surface area contributed by atoms with Gasteiger partial charge in [0.15, 0.2) is 5.82 Å². The van der Waals surface area contributed by atoms with Gasteiger partial charge in [0.2, 0.25) is 0 Å². The predicted molar refractivity (Wildman–Crippen MR) is 75.5 cm³/mol. The van der Waals surface area contributed by atoms with E-state index in [-0.39, 0.29) is 0 Å². The summed E-state index contributed by atoms with van der Waals surface area (Å²) < 4.78 is 0. The highest BCUT2D eigenvalue weighted by molar-refractivity contribution is 5.81. The number of hydrogen-bond donors (Lipinski definition) is 2. The zero-order chi connectivity index (χ0) is 14.6. The smallest absolute Gasteiger partial charge is 0.314 e. The van der Waals surface area contributed by atoms with Crippen LogP contribution in [0.25, 0.3) is 0 Å². The number of nitrogens with one attached hydrogen (secondary N) is 1. The van der Waals surface area contributed by atoms with E-state index in [1.54, 1.807) is 6.92 Å². The van der Waals surface area contributed by atoms with E-state index in [1.165, 1.54) is 0 Å². The summed E-state index contributed by atoms with van der Waals surface area (Å²) in [6.45, 7) is 3.77. The van der Waals surface area contributed by atoms with E-state index in [4.69, 9.17) is 0 Å². The van der Waals surface area contributed by atoms with E-state index in [2.05, 4.69) is 22.1 Å². The molecule has 0 spiro atoms. The summed E-state index contributed by atoms with van der Waals surface area (Å²) in [5, 5.41) is 16.6. The Hall–Kier alpha value is -2.17. The third kappa shape index (κ3) is 2.87. The fourth-order valence-electron chi connectivity index (χ4n) is 2.19. The molecule has 2 rings (SSSR count). The number of aliphatic carboxylic acids is 1. The zero-order valence-corrected chi connectivity index (χ0v) is 11.8. The van der Waals surface area contributed by atoms with Crippen molar-refractivity contribution in [1.82, 2.24) is 15.2 Å². The first-order chi connectivity index (χ1) is 9.56. The molecule has 0 amide bonds. The van der Waals surface area contributed by atoms with Gasteiger partial charge in [-0.05, 0) is 18.9 Å². The van der Waals surface area contributed by atoms with E-state index in [9.17, 15) is 9.90 Å². The van der Waals surface area contributed by atoms with Crippen molar-refractivity contribution in [2.45, 2.75) is 38.5 Å². The maximum absolute atomic E-state index is 11.7. The first-order valence-corrected chi connectivity index (χ1v) is 6.75. The minimum atomic E-state index is -1.01. The molecule has 1 aromatic heterocycles. The first-order valence-electron chi connectivity index (χ1n) is 6.75. The highest BCUT2D eigenvalue weighted by Crippen LogP contribution is 2.27. The molecular weight excluding hydrogens is 254 g/mol. The molecule has 20 heavy (non-hydrogen) atoms. The Morgan fingerprint density at radius 3 is 2.65 bits per heavy atom. The molecular formula is C15H19N3O2. The molecule has 0 aliphatic carbocycles. The summed E-state index contributed by atoms with van der Waals surface area (Å²) in [6, 6.07) is 9.23. The average Bonchev–Trinajstić information content (AvgIpc) is 2.87. The van der Waals surface area contributed by atoms with Gasteiger partial charge in [0.25, 0.3) is 0 Å². The topological polar surface area (TPSA) is 78.9 Å². The van der Waals surface area contributed by atoms with Crippen molar-refractivity contribution in [2.24, 2.45) is 0 Å². The third-order valence-electron chi connectivity index (χ3n) is 3.46. The first kappa shape index (κ1) is 14.2. The van der Waals surface area contributed by atoms with Gasteiger partial charge in [0, 0.05) is 12.8 Å². The van der Waals surface area contributed by atoms with E-state index < -0.39 is 11.4 Å². The second-order valence-corrected chi connectivity index (χ2v) is 5.13. The fraction of sp³-hybridized carbons (Fsp3) is 0.400. The van der Waals surface area contributed by atoms with Crippen LogP contribution in [0.1, 0.15) is 37.5 Å². The van der Waals surface area contributed by atoms with Gasteiger partial charge in [-0.1, -0.05) is 37.3 Å². The van der Waals surface area contributed by atoms with Gasteiger partial charge in [-0.2, -0.15) is 5.10 Å². The van der Waals surface area contributed by atoms with Gasteiger partial charge in [-0.15, -0.1) is 0 Å². The number of benzene rings is 1. The van der Waals surface area contributed by atoms with E-state index in [0.717, 1.165) is 24.2 Å². The molecule has 0 saturated carbocycles. The molecule has 0 radical (unpaired) electrons. The normalized spacial score (nSPS) is 13.9. The van der Waals surface area contributed by atoms with Crippen LogP contribution >= 0.6 is 0 Å². The summed E-state index contributed by atoms with van der Waals surface area (Å²) in [7, 11) is 0. The molecule has 1 aromatic carbocycles. The molecule has 5 heteroatoms. The molecule has 0 bridgehead atoms. The van der Waals surface area contributed by atoms with Crippen LogP contribution in [0, 0.1) is 0 Å². The van der Waals surface area contributed by atoms with Crippen LogP contribution < -0.4 is 0 Å². The summed E-state index contributed by atoms with van der Waals surface area (Å²) in [6.07, 6.45) is 2.06. The number of aryl methyl sites for hydroxylation is 1. The minimum absolute atomic E-state index is 0.295. The lowest BCUT2D eigenvalue weighted by Gasteiger charge is -2.24. The van der Waals surface area contributed by atoms with Crippen LogP contribution in [-0.4, -0.2) is 26.3 Å². The summed E-state index contributed by atoms with van der Waals surface area (Å²) in [4.78, 5) is 16.1. The van der Waals surface area contributed by atoms with Crippen LogP contribution in [0.2, 0.25) is 0 Å². The number of aromatic amines is 1. The maximum atomic E-state index is 11.7. The Morgan fingerprint density at radius 2 is 2.05 bits per heavy atom. The number of H-pyrrole nitrogens is 1. The molecule has 2 N–H and O–H groups in total. The Kier molecular flexibility index (Phi) is 4.17. The molecule has 2 aromatic rings. The van der Waals surface area contributed by atoms with Crippen molar-refractivity contribution < 1.29 is 9.90 Å². The van der Waals surface area contributed by atoms with Crippen molar-refractivity contribution >= 4 is 5.97 Å². The molecule has 1 atom stereocenters. The molecule has 0 aliphatic rings. The average molecular weight is 273 g/mol. The highest BCUT2D eigenvalue weighted by Gasteiger charge is 2.36. The maximum Gasteiger partial charge on any atom is 0.314 e. The lowest BCUT2D eigenvalue weighted by atomic mass is 9.79. The number of aromatic nitrogens is 3. The van der Waals surface area contributed by atoms with Gasteiger partial charge in [-0.25, -0.2) is 4.98 Å². The Morgan fingerprint density at radius 1 is 1.35 bits per heavy atom. The number of nitrogens with zero attached hydrogens (tertiary/aromatic N) is 2. The highest BCUT2D eigenvalue weighted by atomic mass is 16.4. The van der Waals surface area contributed by atoms with Crippen LogP contribution in [0.3, 0.4) is 0 Å². The molecule has 0 saturated heterocycles. The van der Waals surface area contributed by atoms with Crippen molar-refractivity contribution in [3.05, 3.63) is 47.5 Å². The minimum Gasteiger partial charge on any atom is -0.481 e. The van der Waals surface area contributed by atoms with E-state index >= 15 is 0 Å². The number of hydrogen-bond acceptors (Lipinski definition) is 3. The molecule has 0 fully saturated rings. The Bertz CT molecular complexity index is 580. The van der Waals surface area contributed by atoms with Crippen LogP contribution in [0.5, 0.6) is 0 Å². The summed E-state index contributed by atoms with van der Waals surface area (Å²) in [5.74, 6) is 0.489. The number of carboxylic acids is 1. The van der Waals surface area contributed by atoms with E-state index in [1.807, 2.05) is 30.3 Å². The molecule has 0 aliphatic heterocycles. The zero-order valence-electron chi connectivity index (χ0n) is 11.8. The second kappa shape index (κ2) is 5.86. The third-order valence-corrected chi connectivity index (χ3v) is 3.46. The van der Waals surface area contributed by atoms with Crippen LogP contribution in [0.4, 0.5) is 0 Å². The lowest BCUT2D eigenvalue weighted by molar-refractivity contribution is -0.143. The Labute approximate surface area is 118 Å². The standard InChI is InChI=1S/C15H19N3O2/c1-3-7-12-16-13(18-17-12)10-15(2,14(19)20)11-8-5-4-6-9-11/h4-6,8-9H,3,7,10H2,1-2H3,(H,19,20)(H,16,17,18). The molecule has 5 nitrogen and oxygen atoms in total. The van der Waals surface area contributed by atoms with Gasteiger partial charge in [-0.3, -0.25) is 9.89 Å². The summed E-state index contributed by atoms with van der Waals surface area (Å²) >= 11 is 0. The van der Waals surface area contributed by atoms with Crippen LogP contribution in [0.15, 0.2) is 30.3 Å². The second-order valence-electron chi connectivity index (χ2n) is 5.13. The van der Waals surface area contributed by atoms with Crippen molar-refractivity contribution in [3.8, 4) is 0 Å². The van der Waals surface area contributed by atoms with Crippen LogP contribution in [-0.2, 0) is 23.1 Å². The lowest BCUT2D eigenvalue weighted by Crippen LogP contribution is -2.35. The summed E-state index contributed by atoms with van der Waals surface area (Å²) in [5.41, 5.74) is -0.245. The predicted octanol–water partition coefficient (Wildman–Crippen LogP) is 2.34.